The van der Waals surface area contributed by atoms with E-state index in [0.29, 0.717) is 21.2 Å². The van der Waals surface area contributed by atoms with Crippen LogP contribution in [-0.4, -0.2) is 27.6 Å². The first kappa shape index (κ1) is 21.3. The first-order valence-corrected chi connectivity index (χ1v) is 10.6. The topological polar surface area (TPSA) is 102 Å². The fourth-order valence-electron chi connectivity index (χ4n) is 3.29. The lowest BCUT2D eigenvalue weighted by atomic mass is 10.1. The largest absolute Gasteiger partial charge is 0.506 e. The number of thioether (sulfide) groups is 1. The number of aliphatic hydroxyl groups excluding tert-OH is 1. The summed E-state index contributed by atoms with van der Waals surface area (Å²) >= 11 is 1.11. The SMILES string of the molecule is CCOC(=O)C1=C(O)C(=Cc2cccc([N+](=O)[O-])c2)SC1=Nc1cccc2ccccc12. The molecule has 3 aromatic carbocycles. The summed E-state index contributed by atoms with van der Waals surface area (Å²) in [5.41, 5.74) is 1.07. The van der Waals surface area contributed by atoms with Crippen LogP contribution in [0.5, 0.6) is 0 Å². The van der Waals surface area contributed by atoms with Gasteiger partial charge in [-0.2, -0.15) is 0 Å². The van der Waals surface area contributed by atoms with Crippen molar-refractivity contribution in [3.8, 4) is 0 Å². The standard InChI is InChI=1S/C24H18N2O5S/c1-2-31-24(28)21-22(27)20(14-15-7-5-10-17(13-15)26(29)30)32-23(21)25-19-12-6-9-16-8-3-4-11-18(16)19/h3-14,27H,2H2,1H3. The van der Waals surface area contributed by atoms with E-state index in [1.165, 1.54) is 12.1 Å². The predicted molar refractivity (Wildman–Crippen MR) is 126 cm³/mol. The molecule has 8 heteroatoms. The number of nitrogens with zero attached hydrogens (tertiary/aromatic N) is 2. The summed E-state index contributed by atoms with van der Waals surface area (Å²) in [5.74, 6) is -0.946. The lowest BCUT2D eigenvalue weighted by Gasteiger charge is -2.05. The predicted octanol–water partition coefficient (Wildman–Crippen LogP) is 5.94. The highest BCUT2D eigenvalue weighted by Gasteiger charge is 2.33. The highest BCUT2D eigenvalue weighted by molar-refractivity contribution is 8.18. The van der Waals surface area contributed by atoms with Crippen LogP contribution in [0.15, 0.2) is 88.0 Å². The van der Waals surface area contributed by atoms with E-state index in [2.05, 4.69) is 4.99 Å². The summed E-state index contributed by atoms with van der Waals surface area (Å²) in [7, 11) is 0. The summed E-state index contributed by atoms with van der Waals surface area (Å²) < 4.78 is 5.13. The van der Waals surface area contributed by atoms with E-state index >= 15 is 0 Å². The number of hydrogen-bond acceptors (Lipinski definition) is 7. The van der Waals surface area contributed by atoms with Crippen molar-refractivity contribution in [3.05, 3.63) is 98.6 Å². The second kappa shape index (κ2) is 9.07. The van der Waals surface area contributed by atoms with Crippen molar-refractivity contribution in [2.75, 3.05) is 6.61 Å². The maximum absolute atomic E-state index is 12.6. The third kappa shape index (κ3) is 4.26. The van der Waals surface area contributed by atoms with Crippen molar-refractivity contribution < 1.29 is 19.6 Å². The van der Waals surface area contributed by atoms with Crippen LogP contribution < -0.4 is 0 Å². The molecule has 4 rings (SSSR count). The molecule has 0 bridgehead atoms. The minimum Gasteiger partial charge on any atom is -0.506 e. The van der Waals surface area contributed by atoms with Gasteiger partial charge in [-0.15, -0.1) is 0 Å². The highest BCUT2D eigenvalue weighted by atomic mass is 32.2. The normalized spacial score (nSPS) is 16.2. The van der Waals surface area contributed by atoms with Gasteiger partial charge in [-0.1, -0.05) is 60.3 Å². The molecular weight excluding hydrogens is 428 g/mol. The third-order valence-electron chi connectivity index (χ3n) is 4.74. The minimum atomic E-state index is -0.682. The number of carbonyl (C=O) groups excluding carboxylic acids is 1. The van der Waals surface area contributed by atoms with E-state index in [-0.39, 0.29) is 23.6 Å². The molecule has 0 amide bonds. The van der Waals surface area contributed by atoms with Crippen molar-refractivity contribution >= 4 is 51.0 Å². The first-order valence-electron chi connectivity index (χ1n) is 9.79. The fraction of sp³-hybridized carbons (Fsp3) is 0.0833. The van der Waals surface area contributed by atoms with Gasteiger partial charge in [-0.3, -0.25) is 10.1 Å². The van der Waals surface area contributed by atoms with E-state index in [0.717, 1.165) is 22.5 Å². The van der Waals surface area contributed by atoms with Crippen molar-refractivity contribution in [1.29, 1.82) is 0 Å². The van der Waals surface area contributed by atoms with Crippen LogP contribution in [0.1, 0.15) is 12.5 Å². The number of ether oxygens (including phenoxy) is 1. The van der Waals surface area contributed by atoms with Gasteiger partial charge in [0.25, 0.3) is 5.69 Å². The molecule has 0 saturated carbocycles. The van der Waals surface area contributed by atoms with Crippen LogP contribution in [0.3, 0.4) is 0 Å². The summed E-state index contributed by atoms with van der Waals surface area (Å²) in [5, 5.41) is 24.1. The smallest absolute Gasteiger partial charge is 0.344 e. The van der Waals surface area contributed by atoms with Gasteiger partial charge in [0.05, 0.1) is 22.1 Å². The summed E-state index contributed by atoms with van der Waals surface area (Å²) in [6, 6.07) is 19.4. The molecule has 160 valence electrons. The Bertz CT molecular complexity index is 1320. The van der Waals surface area contributed by atoms with Crippen LogP contribution in [0.25, 0.3) is 16.8 Å². The van der Waals surface area contributed by atoms with Crippen molar-refractivity contribution in [2.45, 2.75) is 6.92 Å². The number of aliphatic imine (C=N–C) groups is 1. The monoisotopic (exact) mass is 446 g/mol. The minimum absolute atomic E-state index is 0.0264. The number of carbonyl (C=O) groups is 1. The van der Waals surface area contributed by atoms with Crippen LogP contribution >= 0.6 is 11.8 Å². The molecule has 0 aliphatic carbocycles. The second-order valence-electron chi connectivity index (χ2n) is 6.82. The van der Waals surface area contributed by atoms with Crippen LogP contribution in [0.4, 0.5) is 11.4 Å². The van der Waals surface area contributed by atoms with Gasteiger partial charge >= 0.3 is 5.97 Å². The molecule has 0 radical (unpaired) electrons. The number of fused-ring (bicyclic) bond motifs is 1. The van der Waals surface area contributed by atoms with Crippen molar-refractivity contribution in [2.24, 2.45) is 4.99 Å². The zero-order valence-corrected chi connectivity index (χ0v) is 17.8. The Morgan fingerprint density at radius 1 is 1.16 bits per heavy atom. The lowest BCUT2D eigenvalue weighted by molar-refractivity contribution is -0.384. The molecule has 7 nitrogen and oxygen atoms in total. The zero-order chi connectivity index (χ0) is 22.7. The Hall–Kier alpha value is -3.91. The summed E-state index contributed by atoms with van der Waals surface area (Å²) in [6.45, 7) is 1.82. The van der Waals surface area contributed by atoms with E-state index in [1.807, 2.05) is 42.5 Å². The van der Waals surface area contributed by atoms with Gasteiger partial charge in [0.15, 0.2) is 0 Å². The quantitative estimate of drug-likeness (QED) is 0.296. The number of rotatable bonds is 5. The molecule has 0 saturated heterocycles. The van der Waals surface area contributed by atoms with Crippen molar-refractivity contribution in [1.82, 2.24) is 0 Å². The molecule has 1 aliphatic heterocycles. The van der Waals surface area contributed by atoms with E-state index < -0.39 is 10.9 Å². The molecule has 1 heterocycles. The molecule has 0 atom stereocenters. The molecule has 0 aromatic heterocycles. The van der Waals surface area contributed by atoms with Gasteiger partial charge in [0, 0.05) is 17.5 Å². The fourth-order valence-corrected chi connectivity index (χ4v) is 4.31. The van der Waals surface area contributed by atoms with Crippen LogP contribution in [0, 0.1) is 10.1 Å². The number of hydrogen-bond donors (Lipinski definition) is 1. The lowest BCUT2D eigenvalue weighted by Crippen LogP contribution is -2.12. The van der Waals surface area contributed by atoms with Gasteiger partial charge in [-0.05, 0) is 30.0 Å². The summed E-state index contributed by atoms with van der Waals surface area (Å²) in [6.07, 6.45) is 1.58. The number of nitro groups is 1. The van der Waals surface area contributed by atoms with E-state index in [9.17, 15) is 20.0 Å². The van der Waals surface area contributed by atoms with Crippen LogP contribution in [0.2, 0.25) is 0 Å². The van der Waals surface area contributed by atoms with Crippen LogP contribution in [-0.2, 0) is 9.53 Å². The molecule has 0 fully saturated rings. The Balaban J connectivity index is 1.81. The average Bonchev–Trinajstić information content (AvgIpc) is 3.09. The second-order valence-corrected chi connectivity index (χ2v) is 7.85. The zero-order valence-electron chi connectivity index (χ0n) is 17.0. The first-order chi connectivity index (χ1) is 15.5. The molecule has 3 aromatic rings. The number of non-ortho nitro benzene ring substituents is 1. The van der Waals surface area contributed by atoms with Gasteiger partial charge in [0.1, 0.15) is 16.4 Å². The average molecular weight is 446 g/mol. The number of aliphatic hydroxyl groups is 1. The Kier molecular flexibility index (Phi) is 6.04. The Morgan fingerprint density at radius 2 is 1.91 bits per heavy atom. The van der Waals surface area contributed by atoms with E-state index in [1.54, 1.807) is 25.1 Å². The maximum Gasteiger partial charge on any atom is 0.344 e. The third-order valence-corrected chi connectivity index (χ3v) is 5.76. The van der Waals surface area contributed by atoms with Gasteiger partial charge in [0.2, 0.25) is 0 Å². The van der Waals surface area contributed by atoms with E-state index in [4.69, 9.17) is 4.74 Å². The molecule has 1 N–H and O–H groups in total. The molecule has 0 unspecified atom stereocenters. The molecule has 32 heavy (non-hydrogen) atoms. The summed E-state index contributed by atoms with van der Waals surface area (Å²) in [4.78, 5) is 28.2. The van der Waals surface area contributed by atoms with Gasteiger partial charge < -0.3 is 9.84 Å². The van der Waals surface area contributed by atoms with Crippen molar-refractivity contribution in [3.63, 3.8) is 0 Å². The number of benzene rings is 3. The number of nitro benzene ring substituents is 1. The molecule has 1 aliphatic rings. The Morgan fingerprint density at radius 3 is 2.69 bits per heavy atom. The van der Waals surface area contributed by atoms with Gasteiger partial charge in [-0.25, -0.2) is 9.79 Å². The molecule has 0 spiro atoms. The highest BCUT2D eigenvalue weighted by Crippen LogP contribution is 2.41. The Labute approximate surface area is 187 Å². The maximum atomic E-state index is 12.6. The molecular formula is C24H18N2O5S. The number of esters is 1.